The zero-order chi connectivity index (χ0) is 12.3. The van der Waals surface area contributed by atoms with Crippen LogP contribution >= 0.6 is 34.8 Å². The summed E-state index contributed by atoms with van der Waals surface area (Å²) in [7, 11) is 0. The van der Waals surface area contributed by atoms with Crippen LogP contribution in [0.5, 0.6) is 0 Å². The molecule has 1 rings (SSSR count). The molecule has 0 aliphatic heterocycles. The molecule has 1 aromatic rings. The molecule has 0 aliphatic carbocycles. The molecule has 2 N–H and O–H groups in total. The molecule has 4 nitrogen and oxygen atoms in total. The number of nitrogens with one attached hydrogen (secondary N) is 1. The summed E-state index contributed by atoms with van der Waals surface area (Å²) in [6, 6.07) is 0. The Morgan fingerprint density at radius 3 is 2.69 bits per heavy atom. The zero-order valence-corrected chi connectivity index (χ0v) is 10.6. The van der Waals surface area contributed by atoms with Gasteiger partial charge in [0.1, 0.15) is 5.69 Å². The lowest BCUT2D eigenvalue weighted by molar-refractivity contribution is 0.0919. The standard InChI is InChI=1S/C9H9Cl3N2O2/c1-4(15)2-14-9(16)8-7(12)6(11)5(10)3-13-8/h3-4,15H,2H2,1H3,(H,14,16)/t4-/m0/s1. The number of pyridine rings is 1. The fourth-order valence-electron chi connectivity index (χ4n) is 0.926. The van der Waals surface area contributed by atoms with E-state index in [1.807, 2.05) is 0 Å². The molecule has 1 aromatic heterocycles. The van der Waals surface area contributed by atoms with E-state index in [1.165, 1.54) is 6.20 Å². The molecule has 16 heavy (non-hydrogen) atoms. The Morgan fingerprint density at radius 1 is 1.50 bits per heavy atom. The van der Waals surface area contributed by atoms with Crippen LogP contribution in [0.1, 0.15) is 17.4 Å². The van der Waals surface area contributed by atoms with Gasteiger partial charge in [-0.3, -0.25) is 4.79 Å². The fraction of sp³-hybridized carbons (Fsp3) is 0.333. The Balaban J connectivity index is 2.88. The molecule has 0 fully saturated rings. The Bertz CT molecular complexity index is 410. The van der Waals surface area contributed by atoms with E-state index in [2.05, 4.69) is 10.3 Å². The number of halogens is 3. The lowest BCUT2D eigenvalue weighted by Crippen LogP contribution is -2.31. The number of hydrogen-bond acceptors (Lipinski definition) is 3. The predicted octanol–water partition coefficient (Wildman–Crippen LogP) is 2.15. The molecule has 0 spiro atoms. The Labute approximate surface area is 108 Å². The molecule has 0 radical (unpaired) electrons. The number of aromatic nitrogens is 1. The first kappa shape index (κ1) is 13.5. The van der Waals surface area contributed by atoms with Gasteiger partial charge < -0.3 is 10.4 Å². The van der Waals surface area contributed by atoms with Crippen molar-refractivity contribution in [3.8, 4) is 0 Å². The summed E-state index contributed by atoms with van der Waals surface area (Å²) in [5.74, 6) is -0.510. The van der Waals surface area contributed by atoms with Crippen LogP contribution in [0.2, 0.25) is 15.1 Å². The first-order chi connectivity index (χ1) is 7.43. The van der Waals surface area contributed by atoms with Crippen LogP contribution in [-0.4, -0.2) is 28.6 Å². The highest BCUT2D eigenvalue weighted by atomic mass is 35.5. The highest BCUT2D eigenvalue weighted by Crippen LogP contribution is 2.30. The number of amides is 1. The summed E-state index contributed by atoms with van der Waals surface area (Å²) in [4.78, 5) is 15.3. The van der Waals surface area contributed by atoms with Gasteiger partial charge in [0.25, 0.3) is 5.91 Å². The van der Waals surface area contributed by atoms with Gasteiger partial charge in [-0.15, -0.1) is 0 Å². The minimum atomic E-state index is -0.648. The Kier molecular flexibility index (Phi) is 4.80. The van der Waals surface area contributed by atoms with E-state index in [0.717, 1.165) is 0 Å². The van der Waals surface area contributed by atoms with Crippen LogP contribution in [0.3, 0.4) is 0 Å². The lowest BCUT2D eigenvalue weighted by atomic mass is 10.3. The van der Waals surface area contributed by atoms with Crippen molar-refractivity contribution in [3.05, 3.63) is 27.0 Å². The van der Waals surface area contributed by atoms with Crippen molar-refractivity contribution in [2.24, 2.45) is 0 Å². The number of aliphatic hydroxyl groups excluding tert-OH is 1. The summed E-state index contributed by atoms with van der Waals surface area (Å²) in [5, 5.41) is 11.7. The maximum absolute atomic E-state index is 11.6. The smallest absolute Gasteiger partial charge is 0.271 e. The lowest BCUT2D eigenvalue weighted by Gasteiger charge is -2.08. The van der Waals surface area contributed by atoms with Gasteiger partial charge in [-0.05, 0) is 6.92 Å². The fourth-order valence-corrected chi connectivity index (χ4v) is 1.49. The second-order valence-corrected chi connectivity index (χ2v) is 4.30. The number of aliphatic hydroxyl groups is 1. The molecule has 0 unspecified atom stereocenters. The average molecular weight is 284 g/mol. The molecule has 7 heteroatoms. The Hall–Kier alpha value is -0.550. The molecule has 88 valence electrons. The van der Waals surface area contributed by atoms with Crippen LogP contribution in [0.15, 0.2) is 6.20 Å². The quantitative estimate of drug-likeness (QED) is 0.893. The van der Waals surface area contributed by atoms with Crippen LogP contribution in [0, 0.1) is 0 Å². The van der Waals surface area contributed by atoms with E-state index in [9.17, 15) is 4.79 Å². The van der Waals surface area contributed by atoms with Gasteiger partial charge in [-0.1, -0.05) is 34.8 Å². The predicted molar refractivity (Wildman–Crippen MR) is 63.3 cm³/mol. The van der Waals surface area contributed by atoms with Crippen LogP contribution in [-0.2, 0) is 0 Å². The number of nitrogens with zero attached hydrogens (tertiary/aromatic N) is 1. The van der Waals surface area contributed by atoms with Crippen molar-refractivity contribution in [3.63, 3.8) is 0 Å². The third-order valence-corrected chi connectivity index (χ3v) is 2.93. The van der Waals surface area contributed by atoms with E-state index in [4.69, 9.17) is 39.9 Å². The Morgan fingerprint density at radius 2 is 2.12 bits per heavy atom. The monoisotopic (exact) mass is 282 g/mol. The molecule has 1 heterocycles. The molecule has 1 atom stereocenters. The molecule has 0 bridgehead atoms. The van der Waals surface area contributed by atoms with E-state index in [1.54, 1.807) is 6.92 Å². The van der Waals surface area contributed by atoms with Gasteiger partial charge in [-0.2, -0.15) is 0 Å². The van der Waals surface area contributed by atoms with Gasteiger partial charge in [-0.25, -0.2) is 4.98 Å². The normalized spacial score (nSPS) is 12.3. The number of rotatable bonds is 3. The van der Waals surface area contributed by atoms with Crippen molar-refractivity contribution in [1.29, 1.82) is 0 Å². The van der Waals surface area contributed by atoms with Gasteiger partial charge in [0.2, 0.25) is 0 Å². The van der Waals surface area contributed by atoms with Crippen LogP contribution in [0.4, 0.5) is 0 Å². The molecule has 1 amide bonds. The van der Waals surface area contributed by atoms with Gasteiger partial charge >= 0.3 is 0 Å². The van der Waals surface area contributed by atoms with Crippen molar-refractivity contribution >= 4 is 40.7 Å². The molecule has 0 aromatic carbocycles. The van der Waals surface area contributed by atoms with Gasteiger partial charge in [0.15, 0.2) is 0 Å². The summed E-state index contributed by atoms with van der Waals surface area (Å²) in [6.45, 7) is 1.65. The second kappa shape index (κ2) is 5.68. The van der Waals surface area contributed by atoms with Crippen LogP contribution in [0.25, 0.3) is 0 Å². The van der Waals surface area contributed by atoms with E-state index in [0.29, 0.717) is 0 Å². The first-order valence-electron chi connectivity index (χ1n) is 4.39. The largest absolute Gasteiger partial charge is 0.392 e. The third kappa shape index (κ3) is 3.22. The van der Waals surface area contributed by atoms with Crippen molar-refractivity contribution in [2.45, 2.75) is 13.0 Å². The minimum absolute atomic E-state index is 0.00254. The molecule has 0 aliphatic rings. The highest BCUT2D eigenvalue weighted by Gasteiger charge is 2.16. The maximum Gasteiger partial charge on any atom is 0.271 e. The van der Waals surface area contributed by atoms with Crippen molar-refractivity contribution < 1.29 is 9.90 Å². The number of hydrogen-bond donors (Lipinski definition) is 2. The van der Waals surface area contributed by atoms with Gasteiger partial charge in [0.05, 0.1) is 21.2 Å². The first-order valence-corrected chi connectivity index (χ1v) is 5.52. The number of carbonyl (C=O) groups excluding carboxylic acids is 1. The average Bonchev–Trinajstić information content (AvgIpc) is 2.23. The zero-order valence-electron chi connectivity index (χ0n) is 8.30. The molecular formula is C9H9Cl3N2O2. The second-order valence-electron chi connectivity index (χ2n) is 3.14. The summed E-state index contributed by atoms with van der Waals surface area (Å²) >= 11 is 17.2. The van der Waals surface area contributed by atoms with Crippen molar-refractivity contribution in [2.75, 3.05) is 6.54 Å². The number of carbonyl (C=O) groups is 1. The van der Waals surface area contributed by atoms with E-state index < -0.39 is 12.0 Å². The maximum atomic E-state index is 11.6. The van der Waals surface area contributed by atoms with Crippen molar-refractivity contribution in [1.82, 2.24) is 10.3 Å². The molecular weight excluding hydrogens is 274 g/mol. The topological polar surface area (TPSA) is 62.2 Å². The van der Waals surface area contributed by atoms with Crippen LogP contribution < -0.4 is 5.32 Å². The SMILES string of the molecule is C[C@H](O)CNC(=O)c1ncc(Cl)c(Cl)c1Cl. The minimum Gasteiger partial charge on any atom is -0.392 e. The summed E-state index contributed by atoms with van der Waals surface area (Å²) < 4.78 is 0. The molecule has 0 saturated carbocycles. The van der Waals surface area contributed by atoms with E-state index in [-0.39, 0.29) is 27.3 Å². The highest BCUT2D eigenvalue weighted by molar-refractivity contribution is 6.48. The van der Waals surface area contributed by atoms with E-state index >= 15 is 0 Å². The summed E-state index contributed by atoms with van der Waals surface area (Å²) in [6.07, 6.45) is 0.595. The summed E-state index contributed by atoms with van der Waals surface area (Å²) in [5.41, 5.74) is -0.0169. The molecule has 0 saturated heterocycles. The third-order valence-electron chi connectivity index (χ3n) is 1.69. The van der Waals surface area contributed by atoms with Gasteiger partial charge in [0, 0.05) is 12.7 Å².